The fraction of sp³-hybridized carbons (Fsp3) is 0.700. The Kier molecular flexibility index (Phi) is 4.91. The van der Waals surface area contributed by atoms with Crippen LogP contribution in [0.25, 0.3) is 0 Å². The molecule has 0 atom stereocenters. The van der Waals surface area contributed by atoms with E-state index in [0.29, 0.717) is 24.3 Å². The Morgan fingerprint density at radius 3 is 2.59 bits per heavy atom. The Balaban J connectivity index is 2.61. The van der Waals surface area contributed by atoms with Gasteiger partial charge in [-0.25, -0.2) is 13.4 Å². The molecule has 5 nitrogen and oxygen atoms in total. The molecule has 1 aromatic rings. The lowest BCUT2D eigenvalue weighted by Gasteiger charge is -2.25. The molecule has 7 heteroatoms. The average Bonchev–Trinajstić information content (AvgIpc) is 2.56. The summed E-state index contributed by atoms with van der Waals surface area (Å²) >= 11 is 1.44. The maximum absolute atomic E-state index is 11.2. The van der Waals surface area contributed by atoms with Crippen molar-refractivity contribution in [1.82, 2.24) is 9.88 Å². The SMILES string of the molecule is CC(C)N(CCS(C)(=O)=O)Cc1cnc(N)s1. The summed E-state index contributed by atoms with van der Waals surface area (Å²) in [6.07, 6.45) is 3.01. The molecule has 0 aliphatic carbocycles. The predicted molar refractivity (Wildman–Crippen MR) is 71.8 cm³/mol. The highest BCUT2D eigenvalue weighted by molar-refractivity contribution is 7.90. The summed E-state index contributed by atoms with van der Waals surface area (Å²) in [7, 11) is -2.92. The van der Waals surface area contributed by atoms with Crippen molar-refractivity contribution in [3.63, 3.8) is 0 Å². The van der Waals surface area contributed by atoms with Gasteiger partial charge in [-0.1, -0.05) is 0 Å². The highest BCUT2D eigenvalue weighted by Gasteiger charge is 2.14. The van der Waals surface area contributed by atoms with Crippen LogP contribution in [0, 0.1) is 0 Å². The maximum atomic E-state index is 11.2. The maximum Gasteiger partial charge on any atom is 0.180 e. The molecular weight excluding hydrogens is 258 g/mol. The smallest absolute Gasteiger partial charge is 0.180 e. The van der Waals surface area contributed by atoms with Gasteiger partial charge in [-0.05, 0) is 13.8 Å². The lowest BCUT2D eigenvalue weighted by atomic mass is 10.3. The van der Waals surface area contributed by atoms with Gasteiger partial charge in [0.2, 0.25) is 0 Å². The van der Waals surface area contributed by atoms with Crippen LogP contribution in [-0.4, -0.2) is 42.9 Å². The Bertz CT molecular complexity index is 454. The molecule has 17 heavy (non-hydrogen) atoms. The topological polar surface area (TPSA) is 76.3 Å². The lowest BCUT2D eigenvalue weighted by molar-refractivity contribution is 0.228. The van der Waals surface area contributed by atoms with Crippen molar-refractivity contribution in [3.8, 4) is 0 Å². The minimum absolute atomic E-state index is 0.180. The minimum Gasteiger partial charge on any atom is -0.375 e. The van der Waals surface area contributed by atoms with E-state index in [1.165, 1.54) is 17.6 Å². The molecule has 0 radical (unpaired) electrons. The van der Waals surface area contributed by atoms with Gasteiger partial charge in [-0.2, -0.15) is 0 Å². The van der Waals surface area contributed by atoms with Crippen LogP contribution in [0.5, 0.6) is 0 Å². The first-order valence-electron chi connectivity index (χ1n) is 5.40. The molecule has 0 saturated carbocycles. The molecule has 0 saturated heterocycles. The highest BCUT2D eigenvalue weighted by Crippen LogP contribution is 2.17. The van der Waals surface area contributed by atoms with Crippen molar-refractivity contribution in [2.45, 2.75) is 26.4 Å². The first-order valence-corrected chi connectivity index (χ1v) is 8.27. The van der Waals surface area contributed by atoms with Crippen LogP contribution in [0.2, 0.25) is 0 Å². The highest BCUT2D eigenvalue weighted by atomic mass is 32.2. The van der Waals surface area contributed by atoms with E-state index in [2.05, 4.69) is 9.88 Å². The molecule has 98 valence electrons. The second kappa shape index (κ2) is 5.79. The monoisotopic (exact) mass is 277 g/mol. The van der Waals surface area contributed by atoms with Crippen molar-refractivity contribution in [3.05, 3.63) is 11.1 Å². The van der Waals surface area contributed by atoms with Gasteiger partial charge in [0.25, 0.3) is 0 Å². The number of sulfone groups is 1. The van der Waals surface area contributed by atoms with Gasteiger partial charge in [-0.15, -0.1) is 11.3 Å². The largest absolute Gasteiger partial charge is 0.375 e. The van der Waals surface area contributed by atoms with Crippen molar-refractivity contribution >= 4 is 26.3 Å². The number of hydrogen-bond donors (Lipinski definition) is 1. The van der Waals surface area contributed by atoms with Crippen molar-refractivity contribution < 1.29 is 8.42 Å². The standard InChI is InChI=1S/C10H19N3O2S2/c1-8(2)13(4-5-17(3,14)15)7-9-6-12-10(11)16-9/h6,8H,4-5,7H2,1-3H3,(H2,11,12). The first kappa shape index (κ1) is 14.4. The summed E-state index contributed by atoms with van der Waals surface area (Å²) in [6, 6.07) is 0.292. The van der Waals surface area contributed by atoms with E-state index in [1.54, 1.807) is 6.20 Å². The zero-order valence-corrected chi connectivity index (χ0v) is 12.0. The molecule has 0 amide bonds. The van der Waals surface area contributed by atoms with E-state index < -0.39 is 9.84 Å². The van der Waals surface area contributed by atoms with Gasteiger partial charge in [0.1, 0.15) is 9.84 Å². The Morgan fingerprint density at radius 1 is 1.53 bits per heavy atom. The number of nitrogens with zero attached hydrogens (tertiary/aromatic N) is 2. The number of rotatable bonds is 6. The number of anilines is 1. The second-order valence-electron chi connectivity index (χ2n) is 4.36. The Morgan fingerprint density at radius 2 is 2.18 bits per heavy atom. The van der Waals surface area contributed by atoms with Crippen LogP contribution in [-0.2, 0) is 16.4 Å². The average molecular weight is 277 g/mol. The van der Waals surface area contributed by atoms with Crippen LogP contribution in [0.4, 0.5) is 5.13 Å². The number of thiazole rings is 1. The van der Waals surface area contributed by atoms with Crippen LogP contribution >= 0.6 is 11.3 Å². The van der Waals surface area contributed by atoms with Gasteiger partial charge in [0.05, 0.1) is 5.75 Å². The molecular formula is C10H19N3O2S2. The van der Waals surface area contributed by atoms with Crippen LogP contribution in [0.1, 0.15) is 18.7 Å². The normalized spacial score (nSPS) is 12.5. The molecule has 1 heterocycles. The second-order valence-corrected chi connectivity index (χ2v) is 7.77. The van der Waals surface area contributed by atoms with E-state index in [9.17, 15) is 8.42 Å². The molecule has 0 unspecified atom stereocenters. The molecule has 0 aliphatic heterocycles. The Hall–Kier alpha value is -0.660. The number of nitrogen functional groups attached to an aromatic ring is 1. The molecule has 0 bridgehead atoms. The Labute approximate surface area is 107 Å². The summed E-state index contributed by atoms with van der Waals surface area (Å²) < 4.78 is 22.3. The summed E-state index contributed by atoms with van der Waals surface area (Å²) in [5.41, 5.74) is 5.57. The summed E-state index contributed by atoms with van der Waals surface area (Å²) in [5, 5.41) is 0.548. The van der Waals surface area contributed by atoms with E-state index >= 15 is 0 Å². The van der Waals surface area contributed by atoms with E-state index in [4.69, 9.17) is 5.73 Å². The third-order valence-electron chi connectivity index (χ3n) is 2.41. The third-order valence-corrected chi connectivity index (χ3v) is 4.15. The van der Waals surface area contributed by atoms with Crippen molar-refractivity contribution in [2.75, 3.05) is 24.3 Å². The zero-order valence-electron chi connectivity index (χ0n) is 10.4. The van der Waals surface area contributed by atoms with Gasteiger partial charge >= 0.3 is 0 Å². The van der Waals surface area contributed by atoms with E-state index in [-0.39, 0.29) is 5.75 Å². The molecule has 0 aromatic carbocycles. The van der Waals surface area contributed by atoms with Crippen molar-refractivity contribution in [1.29, 1.82) is 0 Å². The molecule has 0 aliphatic rings. The predicted octanol–water partition coefficient (Wildman–Crippen LogP) is 0.980. The van der Waals surface area contributed by atoms with Gasteiger partial charge in [0, 0.05) is 36.5 Å². The number of nitrogens with two attached hydrogens (primary N) is 1. The van der Waals surface area contributed by atoms with Crippen molar-refractivity contribution in [2.24, 2.45) is 0 Å². The van der Waals surface area contributed by atoms with Gasteiger partial charge in [0.15, 0.2) is 5.13 Å². The minimum atomic E-state index is -2.92. The van der Waals surface area contributed by atoms with Crippen LogP contribution < -0.4 is 5.73 Å². The fourth-order valence-electron chi connectivity index (χ4n) is 1.40. The van der Waals surface area contributed by atoms with Gasteiger partial charge in [-0.3, -0.25) is 4.90 Å². The van der Waals surface area contributed by atoms with Crippen LogP contribution in [0.15, 0.2) is 6.20 Å². The summed E-state index contributed by atoms with van der Waals surface area (Å²) in [4.78, 5) is 7.15. The molecule has 1 rings (SSSR count). The number of hydrogen-bond acceptors (Lipinski definition) is 6. The summed E-state index contributed by atoms with van der Waals surface area (Å²) in [6.45, 7) is 5.33. The third kappa shape index (κ3) is 5.47. The molecule has 0 fully saturated rings. The fourth-order valence-corrected chi connectivity index (χ4v) is 2.67. The lowest BCUT2D eigenvalue weighted by Crippen LogP contribution is -2.34. The van der Waals surface area contributed by atoms with E-state index in [0.717, 1.165) is 4.88 Å². The molecule has 1 aromatic heterocycles. The number of aromatic nitrogens is 1. The van der Waals surface area contributed by atoms with E-state index in [1.807, 2.05) is 13.8 Å². The van der Waals surface area contributed by atoms with Gasteiger partial charge < -0.3 is 5.73 Å². The zero-order chi connectivity index (χ0) is 13.1. The first-order chi connectivity index (χ1) is 7.78. The molecule has 2 N–H and O–H groups in total. The summed E-state index contributed by atoms with van der Waals surface area (Å²) in [5.74, 6) is 0.180. The molecule has 0 spiro atoms. The van der Waals surface area contributed by atoms with Crippen LogP contribution in [0.3, 0.4) is 0 Å². The quantitative estimate of drug-likeness (QED) is 0.839.